The highest BCUT2D eigenvalue weighted by atomic mass is 35.7. The Morgan fingerprint density at radius 1 is 1.32 bits per heavy atom. The molecule has 0 aliphatic carbocycles. The van der Waals surface area contributed by atoms with Crippen LogP contribution >= 0.6 is 10.7 Å². The molecule has 0 spiro atoms. The molecule has 0 bridgehead atoms. The molecule has 0 N–H and O–H groups in total. The van der Waals surface area contributed by atoms with Crippen molar-refractivity contribution < 1.29 is 13.2 Å². The maximum atomic E-state index is 12.1. The minimum Gasteiger partial charge on any atom is -0.342 e. The molecule has 0 heterocycles. The number of hydrogen-bond acceptors (Lipinski definition) is 3. The highest BCUT2D eigenvalue weighted by Gasteiger charge is 2.15. The smallest absolute Gasteiger partial charge is 0.261 e. The first-order chi connectivity index (χ1) is 8.86. The molecule has 0 radical (unpaired) electrons. The number of hydrogen-bond donors (Lipinski definition) is 0. The summed E-state index contributed by atoms with van der Waals surface area (Å²) >= 11 is 0. The molecule has 106 valence electrons. The van der Waals surface area contributed by atoms with E-state index in [0.717, 1.165) is 19.3 Å². The minimum atomic E-state index is -3.80. The van der Waals surface area contributed by atoms with Crippen LogP contribution in [0.4, 0.5) is 0 Å². The maximum absolute atomic E-state index is 12.1. The standard InChI is InChI=1S/C13H18ClNO3S/c1-3-4-5-9-15(2)13(16)11-7-6-8-12(10-11)19(14,17)18/h6-8,10H,3-5,9H2,1-2H3. The number of nitrogens with zero attached hydrogens (tertiary/aromatic N) is 1. The lowest BCUT2D eigenvalue weighted by Gasteiger charge is -2.17. The predicted molar refractivity (Wildman–Crippen MR) is 76.0 cm³/mol. The Morgan fingerprint density at radius 3 is 2.58 bits per heavy atom. The molecule has 0 unspecified atom stereocenters. The van der Waals surface area contributed by atoms with Gasteiger partial charge >= 0.3 is 0 Å². The van der Waals surface area contributed by atoms with Crippen molar-refractivity contribution in [3.8, 4) is 0 Å². The molecule has 1 aromatic rings. The van der Waals surface area contributed by atoms with E-state index >= 15 is 0 Å². The van der Waals surface area contributed by atoms with E-state index in [0.29, 0.717) is 12.1 Å². The Balaban J connectivity index is 2.82. The van der Waals surface area contributed by atoms with Crippen molar-refractivity contribution in [2.24, 2.45) is 0 Å². The summed E-state index contributed by atoms with van der Waals surface area (Å²) in [5.74, 6) is -0.196. The number of carbonyl (C=O) groups excluding carboxylic acids is 1. The second-order valence-corrected chi connectivity index (χ2v) is 6.97. The lowest BCUT2D eigenvalue weighted by atomic mass is 10.2. The number of benzene rings is 1. The molecule has 0 fully saturated rings. The van der Waals surface area contributed by atoms with Crippen molar-refractivity contribution >= 4 is 25.6 Å². The van der Waals surface area contributed by atoms with E-state index in [1.165, 1.54) is 18.2 Å². The number of unbranched alkanes of at least 4 members (excludes halogenated alkanes) is 2. The van der Waals surface area contributed by atoms with Crippen LogP contribution in [-0.4, -0.2) is 32.8 Å². The molecule has 19 heavy (non-hydrogen) atoms. The molecule has 6 heteroatoms. The zero-order valence-electron chi connectivity index (χ0n) is 11.1. The first-order valence-electron chi connectivity index (χ1n) is 6.16. The minimum absolute atomic E-state index is 0.0537. The molecular formula is C13H18ClNO3S. The van der Waals surface area contributed by atoms with E-state index in [4.69, 9.17) is 10.7 Å². The van der Waals surface area contributed by atoms with Crippen molar-refractivity contribution in [1.29, 1.82) is 0 Å². The average Bonchev–Trinajstić information content (AvgIpc) is 2.37. The van der Waals surface area contributed by atoms with Crippen LogP contribution in [0.15, 0.2) is 29.2 Å². The van der Waals surface area contributed by atoms with Crippen LogP contribution in [0.5, 0.6) is 0 Å². The lowest BCUT2D eigenvalue weighted by Crippen LogP contribution is -2.27. The van der Waals surface area contributed by atoms with Gasteiger partial charge in [-0.25, -0.2) is 8.42 Å². The van der Waals surface area contributed by atoms with Gasteiger partial charge in [-0.2, -0.15) is 0 Å². The first kappa shape index (κ1) is 16.0. The van der Waals surface area contributed by atoms with Gasteiger partial charge < -0.3 is 4.90 Å². The third-order valence-corrected chi connectivity index (χ3v) is 4.16. The quantitative estimate of drug-likeness (QED) is 0.600. The van der Waals surface area contributed by atoms with E-state index in [9.17, 15) is 13.2 Å². The molecule has 0 saturated heterocycles. The summed E-state index contributed by atoms with van der Waals surface area (Å²) in [6.45, 7) is 2.75. The summed E-state index contributed by atoms with van der Waals surface area (Å²) in [5.41, 5.74) is 0.334. The third-order valence-electron chi connectivity index (χ3n) is 2.81. The van der Waals surface area contributed by atoms with Crippen LogP contribution in [0.2, 0.25) is 0 Å². The van der Waals surface area contributed by atoms with Crippen molar-refractivity contribution in [2.45, 2.75) is 31.1 Å². The van der Waals surface area contributed by atoms with Crippen LogP contribution in [0.3, 0.4) is 0 Å². The summed E-state index contributed by atoms with van der Waals surface area (Å²) in [7, 11) is 3.17. The van der Waals surface area contributed by atoms with Gasteiger partial charge in [0.1, 0.15) is 0 Å². The molecular weight excluding hydrogens is 286 g/mol. The highest BCUT2D eigenvalue weighted by Crippen LogP contribution is 2.17. The number of amides is 1. The molecule has 1 rings (SSSR count). The topological polar surface area (TPSA) is 54.5 Å². The molecule has 0 aromatic heterocycles. The lowest BCUT2D eigenvalue weighted by molar-refractivity contribution is 0.0792. The number of halogens is 1. The normalized spacial score (nSPS) is 11.3. The van der Waals surface area contributed by atoms with Gasteiger partial charge in [-0.15, -0.1) is 0 Å². The van der Waals surface area contributed by atoms with Gasteiger partial charge in [0.25, 0.3) is 15.0 Å². The fraction of sp³-hybridized carbons (Fsp3) is 0.462. The fourth-order valence-corrected chi connectivity index (χ4v) is 2.50. The summed E-state index contributed by atoms with van der Waals surface area (Å²) in [6.07, 6.45) is 3.09. The zero-order chi connectivity index (χ0) is 14.5. The van der Waals surface area contributed by atoms with Gasteiger partial charge in [-0.1, -0.05) is 25.8 Å². The van der Waals surface area contributed by atoms with E-state index in [-0.39, 0.29) is 10.8 Å². The Bertz CT molecular complexity index is 543. The van der Waals surface area contributed by atoms with Crippen LogP contribution in [0, 0.1) is 0 Å². The van der Waals surface area contributed by atoms with Gasteiger partial charge in [0, 0.05) is 29.8 Å². The Labute approximate surface area is 118 Å². The van der Waals surface area contributed by atoms with Gasteiger partial charge in [0.15, 0.2) is 0 Å². The van der Waals surface area contributed by atoms with Crippen molar-refractivity contribution in [2.75, 3.05) is 13.6 Å². The van der Waals surface area contributed by atoms with Gasteiger partial charge in [-0.05, 0) is 24.6 Å². The monoisotopic (exact) mass is 303 g/mol. The highest BCUT2D eigenvalue weighted by molar-refractivity contribution is 8.13. The van der Waals surface area contributed by atoms with Crippen molar-refractivity contribution in [3.63, 3.8) is 0 Å². The molecule has 1 amide bonds. The summed E-state index contributed by atoms with van der Waals surface area (Å²) in [6, 6.07) is 5.78. The largest absolute Gasteiger partial charge is 0.342 e. The second-order valence-electron chi connectivity index (χ2n) is 4.40. The van der Waals surface area contributed by atoms with E-state index < -0.39 is 9.05 Å². The van der Waals surface area contributed by atoms with Crippen LogP contribution < -0.4 is 0 Å². The number of rotatable bonds is 6. The zero-order valence-corrected chi connectivity index (χ0v) is 12.7. The Kier molecular flexibility index (Phi) is 5.82. The van der Waals surface area contributed by atoms with E-state index in [2.05, 4.69) is 6.92 Å². The molecule has 0 aliphatic heterocycles. The van der Waals surface area contributed by atoms with Crippen molar-refractivity contribution in [3.05, 3.63) is 29.8 Å². The predicted octanol–water partition coefficient (Wildman–Crippen LogP) is 2.88. The van der Waals surface area contributed by atoms with Gasteiger partial charge in [0.2, 0.25) is 0 Å². The van der Waals surface area contributed by atoms with Crippen LogP contribution in [0.1, 0.15) is 36.5 Å². The third kappa shape index (κ3) is 4.84. The van der Waals surface area contributed by atoms with Crippen molar-refractivity contribution in [1.82, 2.24) is 4.90 Å². The Hall–Kier alpha value is -1.07. The van der Waals surface area contributed by atoms with Crippen LogP contribution in [-0.2, 0) is 9.05 Å². The number of carbonyl (C=O) groups is 1. The second kappa shape index (κ2) is 6.91. The van der Waals surface area contributed by atoms with Gasteiger partial charge in [0.05, 0.1) is 4.90 Å². The maximum Gasteiger partial charge on any atom is 0.261 e. The van der Waals surface area contributed by atoms with Crippen LogP contribution in [0.25, 0.3) is 0 Å². The molecule has 0 saturated carbocycles. The molecule has 0 aliphatic rings. The average molecular weight is 304 g/mol. The molecule has 0 atom stereocenters. The first-order valence-corrected chi connectivity index (χ1v) is 8.47. The summed E-state index contributed by atoms with van der Waals surface area (Å²) < 4.78 is 22.5. The summed E-state index contributed by atoms with van der Waals surface area (Å²) in [4.78, 5) is 13.6. The fourth-order valence-electron chi connectivity index (χ4n) is 1.70. The summed E-state index contributed by atoms with van der Waals surface area (Å²) in [5, 5.41) is 0. The van der Waals surface area contributed by atoms with E-state index in [1.54, 1.807) is 18.0 Å². The molecule has 1 aromatic carbocycles. The molecule has 4 nitrogen and oxygen atoms in total. The SMILES string of the molecule is CCCCCN(C)C(=O)c1cccc(S(=O)(=O)Cl)c1. The van der Waals surface area contributed by atoms with Gasteiger partial charge in [-0.3, -0.25) is 4.79 Å². The van der Waals surface area contributed by atoms with E-state index in [1.807, 2.05) is 0 Å². The Morgan fingerprint density at radius 2 is 2.00 bits per heavy atom.